The van der Waals surface area contributed by atoms with E-state index in [9.17, 15) is 4.79 Å². The van der Waals surface area contributed by atoms with E-state index in [0.717, 1.165) is 5.01 Å². The zero-order chi connectivity index (χ0) is 8.81. The van der Waals surface area contributed by atoms with Gasteiger partial charge in [-0.05, 0) is 0 Å². The molecule has 0 bridgehead atoms. The lowest BCUT2D eigenvalue weighted by Gasteiger charge is -1.84. The molecule has 0 aliphatic heterocycles. The predicted molar refractivity (Wildman–Crippen MR) is 45.6 cm³/mol. The molecule has 0 unspecified atom stereocenters. The van der Waals surface area contributed by atoms with E-state index in [-0.39, 0.29) is 0 Å². The maximum Gasteiger partial charge on any atom is 0.384 e. The van der Waals surface area contributed by atoms with Crippen LogP contribution in [0.15, 0.2) is 11.6 Å². The number of methoxy groups -OCH3 is 1. The highest BCUT2D eigenvalue weighted by molar-refractivity contribution is 7.09. The molecule has 0 saturated heterocycles. The molecule has 0 saturated carbocycles. The number of aromatic nitrogens is 1. The molecule has 0 radical (unpaired) electrons. The Labute approximate surface area is 74.4 Å². The Kier molecular flexibility index (Phi) is 3.30. The van der Waals surface area contributed by atoms with Crippen molar-refractivity contribution in [2.45, 2.75) is 6.42 Å². The zero-order valence-corrected chi connectivity index (χ0v) is 7.35. The Morgan fingerprint density at radius 3 is 3.25 bits per heavy atom. The standard InChI is InChI=1S/C8H7NO2S/c1-11-8(10)4-2-3-7-9-5-6-12-7/h5-6H,3H2,1H3. The van der Waals surface area contributed by atoms with Gasteiger partial charge in [0.1, 0.15) is 5.01 Å². The Bertz CT molecular complexity index is 308. The van der Waals surface area contributed by atoms with Crippen LogP contribution in [0.5, 0.6) is 0 Å². The average molecular weight is 181 g/mol. The van der Waals surface area contributed by atoms with Crippen LogP contribution in [-0.4, -0.2) is 18.1 Å². The summed E-state index contributed by atoms with van der Waals surface area (Å²) < 4.78 is 4.34. The van der Waals surface area contributed by atoms with Gasteiger partial charge >= 0.3 is 5.97 Å². The number of ether oxygens (including phenoxy) is 1. The van der Waals surface area contributed by atoms with Gasteiger partial charge in [0.25, 0.3) is 0 Å². The largest absolute Gasteiger partial charge is 0.459 e. The molecular weight excluding hydrogens is 174 g/mol. The van der Waals surface area contributed by atoms with Crippen molar-refractivity contribution in [3.8, 4) is 11.8 Å². The van der Waals surface area contributed by atoms with Gasteiger partial charge in [-0.15, -0.1) is 11.3 Å². The Hall–Kier alpha value is -1.34. The number of carbonyl (C=O) groups is 1. The lowest BCUT2D eigenvalue weighted by molar-refractivity contribution is -0.133. The topological polar surface area (TPSA) is 39.2 Å². The van der Waals surface area contributed by atoms with Crippen molar-refractivity contribution in [2.24, 2.45) is 0 Å². The minimum absolute atomic E-state index is 0.507. The van der Waals surface area contributed by atoms with E-state index in [1.165, 1.54) is 18.4 Å². The average Bonchev–Trinajstić information content (AvgIpc) is 2.57. The maximum absolute atomic E-state index is 10.5. The molecule has 3 nitrogen and oxygen atoms in total. The highest BCUT2D eigenvalue weighted by atomic mass is 32.1. The van der Waals surface area contributed by atoms with Gasteiger partial charge in [0.05, 0.1) is 13.5 Å². The molecule has 62 valence electrons. The first-order valence-electron chi connectivity index (χ1n) is 3.28. The fourth-order valence-corrected chi connectivity index (χ4v) is 1.14. The highest BCUT2D eigenvalue weighted by Gasteiger charge is 1.91. The van der Waals surface area contributed by atoms with Crippen LogP contribution in [-0.2, 0) is 16.0 Å². The molecule has 0 fully saturated rings. The van der Waals surface area contributed by atoms with Crippen molar-refractivity contribution >= 4 is 17.3 Å². The summed E-state index contributed by atoms with van der Waals surface area (Å²) in [5, 5.41) is 2.78. The first kappa shape index (κ1) is 8.75. The van der Waals surface area contributed by atoms with Crippen LogP contribution in [0.3, 0.4) is 0 Å². The van der Waals surface area contributed by atoms with Crippen molar-refractivity contribution in [1.29, 1.82) is 0 Å². The number of hydrogen-bond acceptors (Lipinski definition) is 4. The number of thiazole rings is 1. The Morgan fingerprint density at radius 2 is 2.67 bits per heavy atom. The highest BCUT2D eigenvalue weighted by Crippen LogP contribution is 2.02. The van der Waals surface area contributed by atoms with Crippen LogP contribution in [0.25, 0.3) is 0 Å². The molecular formula is C8H7NO2S. The second-order valence-electron chi connectivity index (χ2n) is 1.90. The zero-order valence-electron chi connectivity index (χ0n) is 6.53. The molecule has 1 heterocycles. The van der Waals surface area contributed by atoms with Crippen LogP contribution in [0.1, 0.15) is 5.01 Å². The second kappa shape index (κ2) is 4.52. The maximum atomic E-state index is 10.5. The number of carbonyl (C=O) groups excluding carboxylic acids is 1. The molecule has 0 amide bonds. The van der Waals surface area contributed by atoms with Crippen molar-refractivity contribution < 1.29 is 9.53 Å². The lowest BCUT2D eigenvalue weighted by atomic mass is 10.4. The van der Waals surface area contributed by atoms with E-state index >= 15 is 0 Å². The first-order chi connectivity index (χ1) is 5.83. The Morgan fingerprint density at radius 1 is 1.83 bits per heavy atom. The van der Waals surface area contributed by atoms with E-state index in [1.807, 2.05) is 5.38 Å². The summed E-state index contributed by atoms with van der Waals surface area (Å²) in [5.74, 6) is 4.48. The van der Waals surface area contributed by atoms with Gasteiger partial charge in [0.15, 0.2) is 0 Å². The van der Waals surface area contributed by atoms with Crippen molar-refractivity contribution in [3.63, 3.8) is 0 Å². The fraction of sp³-hybridized carbons (Fsp3) is 0.250. The van der Waals surface area contributed by atoms with Crippen molar-refractivity contribution in [2.75, 3.05) is 7.11 Å². The van der Waals surface area contributed by atoms with E-state index in [4.69, 9.17) is 0 Å². The van der Waals surface area contributed by atoms with Gasteiger partial charge in [-0.3, -0.25) is 0 Å². The van der Waals surface area contributed by atoms with Gasteiger partial charge in [-0.25, -0.2) is 9.78 Å². The van der Waals surface area contributed by atoms with Crippen LogP contribution >= 0.6 is 11.3 Å². The fourth-order valence-electron chi connectivity index (χ4n) is 0.583. The van der Waals surface area contributed by atoms with Gasteiger partial charge in [-0.1, -0.05) is 5.92 Å². The van der Waals surface area contributed by atoms with Gasteiger partial charge in [0.2, 0.25) is 0 Å². The summed E-state index contributed by atoms with van der Waals surface area (Å²) >= 11 is 1.52. The predicted octanol–water partition coefficient (Wildman–Crippen LogP) is 0.862. The monoisotopic (exact) mass is 181 g/mol. The third-order valence-corrected chi connectivity index (χ3v) is 1.88. The van der Waals surface area contributed by atoms with Crippen LogP contribution < -0.4 is 0 Å². The molecule has 0 atom stereocenters. The SMILES string of the molecule is COC(=O)C#CCc1nccs1. The minimum Gasteiger partial charge on any atom is -0.459 e. The van der Waals surface area contributed by atoms with Gasteiger partial charge in [-0.2, -0.15) is 0 Å². The third kappa shape index (κ3) is 2.72. The number of hydrogen-bond donors (Lipinski definition) is 0. The van der Waals surface area contributed by atoms with Crippen LogP contribution in [0.4, 0.5) is 0 Å². The van der Waals surface area contributed by atoms with Crippen molar-refractivity contribution in [3.05, 3.63) is 16.6 Å². The summed E-state index contributed by atoms with van der Waals surface area (Å²) in [6.45, 7) is 0. The van der Waals surface area contributed by atoms with Gasteiger partial charge < -0.3 is 4.74 Å². The summed E-state index contributed by atoms with van der Waals surface area (Å²) in [4.78, 5) is 14.5. The minimum atomic E-state index is -0.508. The van der Waals surface area contributed by atoms with E-state index in [0.29, 0.717) is 6.42 Å². The lowest BCUT2D eigenvalue weighted by Crippen LogP contribution is -1.94. The first-order valence-corrected chi connectivity index (χ1v) is 4.16. The third-order valence-electron chi connectivity index (χ3n) is 1.10. The molecule has 0 aliphatic carbocycles. The number of nitrogens with zero attached hydrogens (tertiary/aromatic N) is 1. The van der Waals surface area contributed by atoms with E-state index in [1.54, 1.807) is 6.20 Å². The van der Waals surface area contributed by atoms with E-state index < -0.39 is 5.97 Å². The quantitative estimate of drug-likeness (QED) is 0.366. The van der Waals surface area contributed by atoms with Crippen LogP contribution in [0.2, 0.25) is 0 Å². The molecule has 1 aromatic heterocycles. The molecule has 4 heteroatoms. The van der Waals surface area contributed by atoms with Gasteiger partial charge in [0, 0.05) is 17.5 Å². The van der Waals surface area contributed by atoms with Crippen molar-refractivity contribution in [1.82, 2.24) is 4.98 Å². The number of rotatable bonds is 1. The molecule has 1 rings (SSSR count). The second-order valence-corrected chi connectivity index (χ2v) is 2.88. The molecule has 0 aromatic carbocycles. The van der Waals surface area contributed by atoms with E-state index in [2.05, 4.69) is 21.6 Å². The molecule has 0 aliphatic rings. The number of esters is 1. The summed E-state index contributed by atoms with van der Waals surface area (Å²) in [6.07, 6.45) is 2.21. The summed E-state index contributed by atoms with van der Waals surface area (Å²) in [6, 6.07) is 0. The summed E-state index contributed by atoms with van der Waals surface area (Å²) in [7, 11) is 1.31. The van der Waals surface area contributed by atoms with Crippen LogP contribution in [0, 0.1) is 11.8 Å². The molecule has 0 N–H and O–H groups in total. The Balaban J connectivity index is 2.43. The molecule has 12 heavy (non-hydrogen) atoms. The summed E-state index contributed by atoms with van der Waals surface area (Å²) in [5.41, 5.74) is 0. The smallest absolute Gasteiger partial charge is 0.384 e. The normalized spacial score (nSPS) is 8.42. The molecule has 1 aromatic rings. The molecule has 0 spiro atoms.